The van der Waals surface area contributed by atoms with E-state index in [4.69, 9.17) is 16.3 Å². The van der Waals surface area contributed by atoms with E-state index in [0.717, 1.165) is 0 Å². The Bertz CT molecular complexity index is 1310. The summed E-state index contributed by atoms with van der Waals surface area (Å²) in [5, 5.41) is 3.28. The summed E-state index contributed by atoms with van der Waals surface area (Å²) in [5.41, 5.74) is 1.97. The maximum atomic E-state index is 14.8. The van der Waals surface area contributed by atoms with Gasteiger partial charge in [0.25, 0.3) is 5.91 Å². The first-order valence-electron chi connectivity index (χ1n) is 11.2. The molecule has 0 aromatic heterocycles. The number of nitrogens with zero attached hydrogens (tertiary/aromatic N) is 2. The Morgan fingerprint density at radius 1 is 1.14 bits per heavy atom. The molecule has 6 nitrogen and oxygen atoms in total. The third-order valence-corrected chi connectivity index (χ3v) is 6.12. The second-order valence-electron chi connectivity index (χ2n) is 8.12. The lowest BCUT2D eigenvalue weighted by atomic mass is 9.98. The lowest BCUT2D eigenvalue weighted by Gasteiger charge is -2.31. The summed E-state index contributed by atoms with van der Waals surface area (Å²) in [4.78, 5) is 33.1. The molecule has 35 heavy (non-hydrogen) atoms. The van der Waals surface area contributed by atoms with E-state index >= 15 is 0 Å². The Morgan fingerprint density at radius 2 is 1.86 bits per heavy atom. The van der Waals surface area contributed by atoms with E-state index in [0.29, 0.717) is 39.8 Å². The highest BCUT2D eigenvalue weighted by molar-refractivity contribution is 6.32. The van der Waals surface area contributed by atoms with Gasteiger partial charge >= 0.3 is 0 Å². The van der Waals surface area contributed by atoms with Crippen LogP contribution in [0.5, 0.6) is 5.75 Å². The number of nitrogens with one attached hydrogen (secondary N) is 1. The maximum Gasteiger partial charge on any atom is 0.252 e. The number of para-hydroxylation sites is 2. The molecule has 0 radical (unpaired) electrons. The standard InChI is InChI=1S/C27H25ClFN3O3/c1-4-22(26(33)31-21-11-7-8-12-24(21)35-3)32-23-14-13-17(28)15-19(23)25(30-16(2)27(32)34)18-9-5-6-10-20(18)29/h5-16,22H,4H2,1-3H3,(H,31,33)/t16-,22-/m0/s1. The number of methoxy groups -OCH3 is 1. The highest BCUT2D eigenvalue weighted by Crippen LogP contribution is 2.34. The molecule has 2 amide bonds. The lowest BCUT2D eigenvalue weighted by molar-refractivity contribution is -0.124. The molecule has 180 valence electrons. The van der Waals surface area contributed by atoms with E-state index in [1.165, 1.54) is 18.1 Å². The zero-order valence-corrected chi connectivity index (χ0v) is 20.3. The molecular formula is C27H25ClFN3O3. The Labute approximate surface area is 208 Å². The van der Waals surface area contributed by atoms with Crippen LogP contribution in [-0.2, 0) is 9.59 Å². The van der Waals surface area contributed by atoms with Crippen LogP contribution in [0, 0.1) is 5.82 Å². The van der Waals surface area contributed by atoms with Crippen LogP contribution in [-0.4, -0.2) is 36.7 Å². The average molecular weight is 494 g/mol. The van der Waals surface area contributed by atoms with Crippen LogP contribution in [0.25, 0.3) is 0 Å². The maximum absolute atomic E-state index is 14.8. The molecule has 0 unspecified atom stereocenters. The van der Waals surface area contributed by atoms with Crippen molar-refractivity contribution in [1.82, 2.24) is 0 Å². The molecule has 8 heteroatoms. The fourth-order valence-corrected chi connectivity index (χ4v) is 4.36. The predicted octanol–water partition coefficient (Wildman–Crippen LogP) is 5.48. The van der Waals surface area contributed by atoms with Crippen molar-refractivity contribution in [3.05, 3.63) is 88.7 Å². The smallest absolute Gasteiger partial charge is 0.252 e. The van der Waals surface area contributed by atoms with Crippen LogP contribution in [0.3, 0.4) is 0 Å². The van der Waals surface area contributed by atoms with E-state index in [-0.39, 0.29) is 17.4 Å². The summed E-state index contributed by atoms with van der Waals surface area (Å²) < 4.78 is 20.1. The van der Waals surface area contributed by atoms with Crippen LogP contribution in [0.15, 0.2) is 71.7 Å². The number of ether oxygens (including phenoxy) is 1. The highest BCUT2D eigenvalue weighted by atomic mass is 35.5. The van der Waals surface area contributed by atoms with E-state index in [2.05, 4.69) is 10.3 Å². The van der Waals surface area contributed by atoms with Crippen molar-refractivity contribution in [3.63, 3.8) is 0 Å². The van der Waals surface area contributed by atoms with E-state index in [1.807, 2.05) is 6.92 Å². The minimum Gasteiger partial charge on any atom is -0.495 e. The summed E-state index contributed by atoms with van der Waals surface area (Å²) in [6.07, 6.45) is 0.330. The van der Waals surface area contributed by atoms with Gasteiger partial charge in [0.1, 0.15) is 23.7 Å². The first kappa shape index (κ1) is 24.4. The second kappa shape index (κ2) is 10.3. The van der Waals surface area contributed by atoms with Crippen molar-refractivity contribution in [1.29, 1.82) is 0 Å². The fraction of sp³-hybridized carbons (Fsp3) is 0.222. The Hall–Kier alpha value is -3.71. The molecule has 0 fully saturated rings. The Morgan fingerprint density at radius 3 is 2.57 bits per heavy atom. The van der Waals surface area contributed by atoms with Crippen molar-refractivity contribution in [3.8, 4) is 5.75 Å². The highest BCUT2D eigenvalue weighted by Gasteiger charge is 2.37. The molecule has 3 aromatic rings. The zero-order valence-electron chi connectivity index (χ0n) is 19.6. The molecule has 1 aliphatic heterocycles. The number of rotatable bonds is 6. The van der Waals surface area contributed by atoms with Gasteiger partial charge in [0, 0.05) is 16.1 Å². The molecule has 2 atom stereocenters. The number of halogens is 2. The molecule has 0 saturated heterocycles. The summed E-state index contributed by atoms with van der Waals surface area (Å²) in [6.45, 7) is 3.46. The molecule has 1 aliphatic rings. The molecule has 0 aliphatic carbocycles. The minimum absolute atomic E-state index is 0.254. The number of carbonyl (C=O) groups excluding carboxylic acids is 2. The van der Waals surface area contributed by atoms with Gasteiger partial charge in [-0.05, 0) is 55.8 Å². The fourth-order valence-electron chi connectivity index (χ4n) is 4.18. The molecular weight excluding hydrogens is 469 g/mol. The molecule has 0 saturated carbocycles. The van der Waals surface area contributed by atoms with Crippen molar-refractivity contribution in [2.75, 3.05) is 17.3 Å². The van der Waals surface area contributed by atoms with Crippen molar-refractivity contribution in [2.45, 2.75) is 32.4 Å². The van der Waals surface area contributed by atoms with Gasteiger partial charge in [0.05, 0.1) is 24.2 Å². The van der Waals surface area contributed by atoms with Gasteiger partial charge in [-0.2, -0.15) is 0 Å². The normalized spacial score (nSPS) is 16.1. The van der Waals surface area contributed by atoms with Gasteiger partial charge in [-0.1, -0.05) is 42.8 Å². The Balaban J connectivity index is 1.82. The summed E-state index contributed by atoms with van der Waals surface area (Å²) in [6, 6.07) is 16.5. The van der Waals surface area contributed by atoms with E-state index in [9.17, 15) is 14.0 Å². The summed E-state index contributed by atoms with van der Waals surface area (Å²) >= 11 is 6.31. The number of benzene rings is 3. The van der Waals surface area contributed by atoms with Gasteiger partial charge in [0.15, 0.2) is 0 Å². The molecule has 0 bridgehead atoms. The van der Waals surface area contributed by atoms with Gasteiger partial charge in [-0.3, -0.25) is 19.5 Å². The number of amides is 2. The van der Waals surface area contributed by atoms with Crippen molar-refractivity contribution >= 4 is 40.5 Å². The first-order valence-corrected chi connectivity index (χ1v) is 11.6. The number of hydrogen-bond donors (Lipinski definition) is 1. The summed E-state index contributed by atoms with van der Waals surface area (Å²) in [5.74, 6) is -0.718. The third-order valence-electron chi connectivity index (χ3n) is 5.89. The second-order valence-corrected chi connectivity index (χ2v) is 8.55. The Kier molecular flexibility index (Phi) is 7.17. The topological polar surface area (TPSA) is 71.0 Å². The van der Waals surface area contributed by atoms with Gasteiger partial charge in [-0.25, -0.2) is 4.39 Å². The number of aliphatic imine (C=N–C) groups is 1. The number of anilines is 2. The monoisotopic (exact) mass is 493 g/mol. The number of benzodiazepines with no additional fused rings is 1. The average Bonchev–Trinajstić information content (AvgIpc) is 2.95. The number of carbonyl (C=O) groups is 2. The van der Waals surface area contributed by atoms with Gasteiger partial charge in [-0.15, -0.1) is 0 Å². The lowest BCUT2D eigenvalue weighted by Crippen LogP contribution is -2.50. The number of fused-ring (bicyclic) bond motifs is 1. The number of hydrogen-bond acceptors (Lipinski definition) is 4. The van der Waals surface area contributed by atoms with E-state index < -0.39 is 17.9 Å². The largest absolute Gasteiger partial charge is 0.495 e. The van der Waals surface area contributed by atoms with E-state index in [1.54, 1.807) is 67.6 Å². The quantitative estimate of drug-likeness (QED) is 0.494. The van der Waals surface area contributed by atoms with Crippen LogP contribution in [0.1, 0.15) is 31.4 Å². The third kappa shape index (κ3) is 4.77. The van der Waals surface area contributed by atoms with Crippen LogP contribution >= 0.6 is 11.6 Å². The molecule has 1 heterocycles. The SMILES string of the molecule is CC[C@@H](C(=O)Nc1ccccc1OC)N1C(=O)[C@H](C)N=C(c2ccccc2F)c2cc(Cl)ccc21. The van der Waals surface area contributed by atoms with Gasteiger partial charge in [0.2, 0.25) is 5.91 Å². The van der Waals surface area contributed by atoms with Crippen LogP contribution < -0.4 is 15.0 Å². The molecule has 4 rings (SSSR count). The molecule has 3 aromatic carbocycles. The predicted molar refractivity (Wildman–Crippen MR) is 136 cm³/mol. The van der Waals surface area contributed by atoms with Crippen molar-refractivity contribution < 1.29 is 18.7 Å². The zero-order chi connectivity index (χ0) is 25.1. The van der Waals surface area contributed by atoms with Crippen molar-refractivity contribution in [2.24, 2.45) is 4.99 Å². The van der Waals surface area contributed by atoms with Crippen LogP contribution in [0.2, 0.25) is 5.02 Å². The summed E-state index contributed by atoms with van der Waals surface area (Å²) in [7, 11) is 1.52. The molecule has 0 spiro atoms. The first-order chi connectivity index (χ1) is 16.8. The molecule has 1 N–H and O–H groups in total. The minimum atomic E-state index is -0.858. The van der Waals surface area contributed by atoms with Gasteiger partial charge < -0.3 is 10.1 Å². The van der Waals surface area contributed by atoms with Crippen LogP contribution in [0.4, 0.5) is 15.8 Å².